The summed E-state index contributed by atoms with van der Waals surface area (Å²) in [5.74, 6) is 0.757. The van der Waals surface area contributed by atoms with Crippen LogP contribution in [0.15, 0.2) is 24.3 Å². The molecule has 0 spiro atoms. The summed E-state index contributed by atoms with van der Waals surface area (Å²) < 4.78 is 19.0. The molecule has 23 heavy (non-hydrogen) atoms. The highest BCUT2D eigenvalue weighted by atomic mass is 19.1. The van der Waals surface area contributed by atoms with Crippen LogP contribution in [0, 0.1) is 5.82 Å². The summed E-state index contributed by atoms with van der Waals surface area (Å²) in [7, 11) is 0. The van der Waals surface area contributed by atoms with Crippen molar-refractivity contribution in [2.45, 2.75) is 25.3 Å². The number of piperidine rings is 1. The third-order valence-electron chi connectivity index (χ3n) is 4.78. The Labute approximate surface area is 135 Å². The van der Waals surface area contributed by atoms with E-state index in [1.54, 1.807) is 0 Å². The van der Waals surface area contributed by atoms with Gasteiger partial charge in [-0.25, -0.2) is 9.37 Å². The highest BCUT2D eigenvalue weighted by molar-refractivity contribution is 5.82. The van der Waals surface area contributed by atoms with Crippen molar-refractivity contribution in [3.8, 4) is 0 Å². The molecule has 4 rings (SSSR count). The Morgan fingerprint density at radius 3 is 2.83 bits per heavy atom. The fourth-order valence-electron chi connectivity index (χ4n) is 3.55. The number of hydrogen-bond donors (Lipinski definition) is 1. The predicted molar refractivity (Wildman–Crippen MR) is 89.3 cm³/mol. The molecule has 0 amide bonds. The maximum absolute atomic E-state index is 13.6. The van der Waals surface area contributed by atoms with Crippen molar-refractivity contribution >= 4 is 16.7 Å². The summed E-state index contributed by atoms with van der Waals surface area (Å²) in [6, 6.07) is 7.39. The zero-order chi connectivity index (χ0) is 15.6. The Morgan fingerprint density at radius 1 is 1.17 bits per heavy atom. The molecule has 1 unspecified atom stereocenters. The van der Waals surface area contributed by atoms with Crippen LogP contribution >= 0.6 is 0 Å². The Morgan fingerprint density at radius 2 is 2.04 bits per heavy atom. The van der Waals surface area contributed by atoms with Gasteiger partial charge in [-0.05, 0) is 37.6 Å². The number of ether oxygens (including phenoxy) is 1. The number of nitrogens with one attached hydrogen (secondary N) is 1. The van der Waals surface area contributed by atoms with E-state index in [1.807, 2.05) is 6.07 Å². The van der Waals surface area contributed by atoms with Gasteiger partial charge in [-0.15, -0.1) is 0 Å². The van der Waals surface area contributed by atoms with Crippen LogP contribution in [-0.4, -0.2) is 37.8 Å². The molecule has 5 heteroatoms. The molecule has 2 aromatic rings. The standard InChI is InChI=1S/C18H22FN3O/c19-14-5-4-13-11-15(16-3-1-2-6-20-16)18(21-17(13)12-14)22-7-9-23-10-8-22/h4-5,11-12,16,20H,1-3,6-10H2. The van der Waals surface area contributed by atoms with Crippen LogP contribution in [0.5, 0.6) is 0 Å². The van der Waals surface area contributed by atoms with Gasteiger partial charge in [0.2, 0.25) is 0 Å². The molecule has 2 fully saturated rings. The number of rotatable bonds is 2. The largest absolute Gasteiger partial charge is 0.378 e. The number of morpholine rings is 1. The minimum atomic E-state index is -0.235. The molecule has 4 nitrogen and oxygen atoms in total. The van der Waals surface area contributed by atoms with E-state index in [2.05, 4.69) is 16.3 Å². The molecule has 0 radical (unpaired) electrons. The minimum Gasteiger partial charge on any atom is -0.378 e. The average Bonchev–Trinajstić information content (AvgIpc) is 2.62. The Bertz CT molecular complexity index is 694. The summed E-state index contributed by atoms with van der Waals surface area (Å²) in [4.78, 5) is 7.10. The number of fused-ring (bicyclic) bond motifs is 1. The summed E-state index contributed by atoms with van der Waals surface area (Å²) in [6.45, 7) is 4.18. The number of halogens is 1. The molecule has 1 N–H and O–H groups in total. The summed E-state index contributed by atoms with van der Waals surface area (Å²) in [5.41, 5.74) is 1.97. The van der Waals surface area contributed by atoms with Crippen molar-refractivity contribution in [1.29, 1.82) is 0 Å². The van der Waals surface area contributed by atoms with E-state index < -0.39 is 0 Å². The third-order valence-corrected chi connectivity index (χ3v) is 4.78. The lowest BCUT2D eigenvalue weighted by Crippen LogP contribution is -2.38. The summed E-state index contributed by atoms with van der Waals surface area (Å²) in [6.07, 6.45) is 3.60. The van der Waals surface area contributed by atoms with Gasteiger partial charge in [-0.2, -0.15) is 0 Å². The molecule has 2 aliphatic rings. The van der Waals surface area contributed by atoms with E-state index in [1.165, 1.54) is 30.5 Å². The first-order valence-corrected chi connectivity index (χ1v) is 8.47. The molecule has 0 saturated carbocycles. The Hall–Kier alpha value is -1.72. The van der Waals surface area contributed by atoms with Crippen molar-refractivity contribution in [2.24, 2.45) is 0 Å². The molecular formula is C18H22FN3O. The van der Waals surface area contributed by atoms with Crippen LogP contribution in [0.4, 0.5) is 10.2 Å². The normalized spacial score (nSPS) is 22.5. The average molecular weight is 315 g/mol. The van der Waals surface area contributed by atoms with Gasteiger partial charge in [0.05, 0.1) is 18.7 Å². The molecule has 1 atom stereocenters. The first-order valence-electron chi connectivity index (χ1n) is 8.47. The first-order chi connectivity index (χ1) is 11.3. The first kappa shape index (κ1) is 14.8. The maximum Gasteiger partial charge on any atom is 0.134 e. The van der Waals surface area contributed by atoms with Crippen LogP contribution < -0.4 is 10.2 Å². The monoisotopic (exact) mass is 315 g/mol. The van der Waals surface area contributed by atoms with E-state index in [4.69, 9.17) is 9.72 Å². The number of nitrogens with zero attached hydrogens (tertiary/aromatic N) is 2. The fraction of sp³-hybridized carbons (Fsp3) is 0.500. The van der Waals surface area contributed by atoms with Crippen LogP contribution in [0.2, 0.25) is 0 Å². The van der Waals surface area contributed by atoms with Crippen LogP contribution in [-0.2, 0) is 4.74 Å². The van der Waals surface area contributed by atoms with Crippen molar-refractivity contribution in [2.75, 3.05) is 37.7 Å². The predicted octanol–water partition coefficient (Wildman–Crippen LogP) is 3.03. The molecule has 1 aromatic carbocycles. The van der Waals surface area contributed by atoms with Crippen LogP contribution in [0.25, 0.3) is 10.9 Å². The summed E-state index contributed by atoms with van der Waals surface area (Å²) in [5, 5.41) is 4.62. The Balaban J connectivity index is 1.81. The van der Waals surface area contributed by atoms with Gasteiger partial charge < -0.3 is 15.0 Å². The molecule has 2 saturated heterocycles. The van der Waals surface area contributed by atoms with E-state index in [0.717, 1.165) is 56.0 Å². The van der Waals surface area contributed by atoms with E-state index in [0.29, 0.717) is 6.04 Å². The third kappa shape index (κ3) is 3.03. The van der Waals surface area contributed by atoms with Gasteiger partial charge in [-0.1, -0.05) is 6.42 Å². The molecule has 3 heterocycles. The lowest BCUT2D eigenvalue weighted by atomic mass is 9.96. The van der Waals surface area contributed by atoms with Gasteiger partial charge in [0.1, 0.15) is 11.6 Å². The van der Waals surface area contributed by atoms with Crippen molar-refractivity contribution in [3.05, 3.63) is 35.6 Å². The Kier molecular flexibility index (Phi) is 4.14. The second-order valence-corrected chi connectivity index (χ2v) is 6.34. The SMILES string of the molecule is Fc1ccc2cc(C3CCCCN3)c(N3CCOCC3)nc2c1. The lowest BCUT2D eigenvalue weighted by Gasteiger charge is -2.33. The zero-order valence-electron chi connectivity index (χ0n) is 13.2. The van der Waals surface area contributed by atoms with Gasteiger partial charge in [0.25, 0.3) is 0 Å². The molecule has 122 valence electrons. The zero-order valence-corrected chi connectivity index (χ0v) is 13.2. The molecular weight excluding hydrogens is 293 g/mol. The van der Waals surface area contributed by atoms with Crippen LogP contribution in [0.3, 0.4) is 0 Å². The van der Waals surface area contributed by atoms with E-state index in [9.17, 15) is 4.39 Å². The molecule has 1 aromatic heterocycles. The highest BCUT2D eigenvalue weighted by Crippen LogP contribution is 2.33. The number of pyridine rings is 1. The highest BCUT2D eigenvalue weighted by Gasteiger charge is 2.24. The second kappa shape index (κ2) is 6.42. The molecule has 2 aliphatic heterocycles. The van der Waals surface area contributed by atoms with Gasteiger partial charge in [0.15, 0.2) is 0 Å². The number of benzene rings is 1. The lowest BCUT2D eigenvalue weighted by molar-refractivity contribution is 0.122. The smallest absolute Gasteiger partial charge is 0.134 e. The van der Waals surface area contributed by atoms with Gasteiger partial charge >= 0.3 is 0 Å². The van der Waals surface area contributed by atoms with E-state index >= 15 is 0 Å². The topological polar surface area (TPSA) is 37.4 Å². The van der Waals surface area contributed by atoms with Crippen molar-refractivity contribution < 1.29 is 9.13 Å². The second-order valence-electron chi connectivity index (χ2n) is 6.34. The van der Waals surface area contributed by atoms with E-state index in [-0.39, 0.29) is 5.82 Å². The van der Waals surface area contributed by atoms with Crippen molar-refractivity contribution in [1.82, 2.24) is 10.3 Å². The molecule has 0 bridgehead atoms. The maximum atomic E-state index is 13.6. The number of hydrogen-bond acceptors (Lipinski definition) is 4. The van der Waals surface area contributed by atoms with Crippen molar-refractivity contribution in [3.63, 3.8) is 0 Å². The summed E-state index contributed by atoms with van der Waals surface area (Å²) >= 11 is 0. The van der Waals surface area contributed by atoms with Crippen LogP contribution in [0.1, 0.15) is 30.9 Å². The van der Waals surface area contributed by atoms with Gasteiger partial charge in [-0.3, -0.25) is 0 Å². The quantitative estimate of drug-likeness (QED) is 0.924. The van der Waals surface area contributed by atoms with Gasteiger partial charge in [0, 0.05) is 36.1 Å². The fourth-order valence-corrected chi connectivity index (χ4v) is 3.55. The molecule has 0 aliphatic carbocycles. The number of aromatic nitrogens is 1. The minimum absolute atomic E-state index is 0.235. The number of anilines is 1.